The van der Waals surface area contributed by atoms with Gasteiger partial charge < -0.3 is 15.2 Å². The highest BCUT2D eigenvalue weighted by molar-refractivity contribution is 4.79. The highest BCUT2D eigenvalue weighted by Crippen LogP contribution is 2.08. The van der Waals surface area contributed by atoms with Crippen molar-refractivity contribution in [2.24, 2.45) is 5.92 Å². The molecule has 1 heterocycles. The lowest BCUT2D eigenvalue weighted by molar-refractivity contribution is 0.0532. The second kappa shape index (κ2) is 4.70. The molecule has 0 spiro atoms. The highest BCUT2D eigenvalue weighted by atomic mass is 16.5. The summed E-state index contributed by atoms with van der Waals surface area (Å²) in [4.78, 5) is 0. The van der Waals surface area contributed by atoms with Gasteiger partial charge >= 0.3 is 0 Å². The molecule has 0 aromatic rings. The van der Waals surface area contributed by atoms with Crippen LogP contribution in [0.2, 0.25) is 0 Å². The maximum atomic E-state index is 9.35. The molecule has 1 rings (SSSR count). The largest absolute Gasteiger partial charge is 0.391 e. The van der Waals surface area contributed by atoms with Crippen molar-refractivity contribution in [3.05, 3.63) is 0 Å². The van der Waals surface area contributed by atoms with Gasteiger partial charge in [0.1, 0.15) is 0 Å². The molecule has 0 aliphatic carbocycles. The third-order valence-electron chi connectivity index (χ3n) is 1.98. The summed E-state index contributed by atoms with van der Waals surface area (Å²) in [7, 11) is 0. The van der Waals surface area contributed by atoms with E-state index in [0.717, 1.165) is 26.1 Å². The van der Waals surface area contributed by atoms with Crippen molar-refractivity contribution >= 4 is 0 Å². The molecule has 2 unspecified atom stereocenters. The average Bonchev–Trinajstić information content (AvgIpc) is 2.37. The van der Waals surface area contributed by atoms with Gasteiger partial charge in [-0.1, -0.05) is 6.92 Å². The van der Waals surface area contributed by atoms with Crippen LogP contribution >= 0.6 is 0 Å². The average molecular weight is 159 g/mol. The van der Waals surface area contributed by atoms with Gasteiger partial charge in [0.25, 0.3) is 0 Å². The van der Waals surface area contributed by atoms with Gasteiger partial charge in [0.05, 0.1) is 12.7 Å². The number of ether oxygens (including phenoxy) is 1. The molecule has 0 aromatic heterocycles. The third-order valence-corrected chi connectivity index (χ3v) is 1.98. The molecule has 0 aromatic carbocycles. The van der Waals surface area contributed by atoms with E-state index in [0.29, 0.717) is 12.5 Å². The van der Waals surface area contributed by atoms with Crippen LogP contribution < -0.4 is 5.32 Å². The Morgan fingerprint density at radius 1 is 1.55 bits per heavy atom. The summed E-state index contributed by atoms with van der Waals surface area (Å²) in [5.41, 5.74) is 0. The molecule has 1 fully saturated rings. The minimum atomic E-state index is -0.202. The van der Waals surface area contributed by atoms with Crippen molar-refractivity contribution in [2.75, 3.05) is 26.3 Å². The Kier molecular flexibility index (Phi) is 3.83. The zero-order chi connectivity index (χ0) is 8.10. The van der Waals surface area contributed by atoms with Crippen molar-refractivity contribution in [3.8, 4) is 0 Å². The highest BCUT2D eigenvalue weighted by Gasteiger charge is 2.24. The van der Waals surface area contributed by atoms with Crippen LogP contribution in [0.3, 0.4) is 0 Å². The van der Waals surface area contributed by atoms with Gasteiger partial charge in [-0.15, -0.1) is 0 Å². The lowest BCUT2D eigenvalue weighted by Gasteiger charge is -2.12. The van der Waals surface area contributed by atoms with Crippen LogP contribution in [0.15, 0.2) is 0 Å². The SMILES string of the molecule is CCCOCC1CNCC1O. The van der Waals surface area contributed by atoms with Crippen LogP contribution in [0, 0.1) is 5.92 Å². The first-order valence-electron chi connectivity index (χ1n) is 4.31. The van der Waals surface area contributed by atoms with Gasteiger partial charge in [-0.3, -0.25) is 0 Å². The van der Waals surface area contributed by atoms with Crippen molar-refractivity contribution in [3.63, 3.8) is 0 Å². The van der Waals surface area contributed by atoms with E-state index in [1.54, 1.807) is 0 Å². The fourth-order valence-electron chi connectivity index (χ4n) is 1.27. The number of aliphatic hydroxyl groups excluding tert-OH is 1. The van der Waals surface area contributed by atoms with E-state index in [4.69, 9.17) is 4.74 Å². The lowest BCUT2D eigenvalue weighted by Crippen LogP contribution is -2.22. The Morgan fingerprint density at radius 2 is 2.36 bits per heavy atom. The summed E-state index contributed by atoms with van der Waals surface area (Å²) in [6, 6.07) is 0. The van der Waals surface area contributed by atoms with Crippen LogP contribution in [0.25, 0.3) is 0 Å². The fourth-order valence-corrected chi connectivity index (χ4v) is 1.27. The zero-order valence-electron chi connectivity index (χ0n) is 7.05. The van der Waals surface area contributed by atoms with E-state index in [1.807, 2.05) is 0 Å². The number of hydrogen-bond acceptors (Lipinski definition) is 3. The molecule has 3 heteroatoms. The summed E-state index contributed by atoms with van der Waals surface area (Å²) in [6.45, 7) is 5.21. The van der Waals surface area contributed by atoms with Crippen LogP contribution in [-0.4, -0.2) is 37.5 Å². The van der Waals surface area contributed by atoms with E-state index >= 15 is 0 Å². The monoisotopic (exact) mass is 159 g/mol. The maximum absolute atomic E-state index is 9.35. The number of aliphatic hydroxyl groups is 1. The van der Waals surface area contributed by atoms with Crippen LogP contribution in [-0.2, 0) is 4.74 Å². The Balaban J connectivity index is 2.05. The Morgan fingerprint density at radius 3 is 2.91 bits per heavy atom. The lowest BCUT2D eigenvalue weighted by atomic mass is 10.1. The first-order chi connectivity index (χ1) is 5.34. The van der Waals surface area contributed by atoms with E-state index in [1.165, 1.54) is 0 Å². The molecule has 66 valence electrons. The van der Waals surface area contributed by atoms with Crippen molar-refractivity contribution in [1.29, 1.82) is 0 Å². The summed E-state index contributed by atoms with van der Waals surface area (Å²) in [5.74, 6) is 0.307. The van der Waals surface area contributed by atoms with E-state index in [9.17, 15) is 5.11 Å². The van der Waals surface area contributed by atoms with Gasteiger partial charge in [0, 0.05) is 25.6 Å². The minimum absolute atomic E-state index is 0.202. The second-order valence-corrected chi connectivity index (χ2v) is 3.06. The molecule has 0 radical (unpaired) electrons. The molecule has 11 heavy (non-hydrogen) atoms. The Hall–Kier alpha value is -0.120. The molecule has 0 saturated carbocycles. The van der Waals surface area contributed by atoms with E-state index in [2.05, 4.69) is 12.2 Å². The van der Waals surface area contributed by atoms with Gasteiger partial charge in [0.2, 0.25) is 0 Å². The number of nitrogens with one attached hydrogen (secondary N) is 1. The number of β-amino-alcohol motifs (C(OH)–C–C–N with tert-alkyl or cyclic N) is 1. The second-order valence-electron chi connectivity index (χ2n) is 3.06. The fraction of sp³-hybridized carbons (Fsp3) is 1.00. The van der Waals surface area contributed by atoms with E-state index < -0.39 is 0 Å². The topological polar surface area (TPSA) is 41.5 Å². The normalized spacial score (nSPS) is 31.1. The molecule has 2 N–H and O–H groups in total. The summed E-state index contributed by atoms with van der Waals surface area (Å²) in [5, 5.41) is 12.5. The molecule has 1 saturated heterocycles. The van der Waals surface area contributed by atoms with Gasteiger partial charge in [-0.05, 0) is 6.42 Å². The molecule has 3 nitrogen and oxygen atoms in total. The molecule has 1 aliphatic heterocycles. The molecule has 1 aliphatic rings. The minimum Gasteiger partial charge on any atom is -0.391 e. The van der Waals surface area contributed by atoms with Gasteiger partial charge in [-0.25, -0.2) is 0 Å². The first-order valence-corrected chi connectivity index (χ1v) is 4.31. The Bertz CT molecular complexity index is 108. The zero-order valence-corrected chi connectivity index (χ0v) is 7.05. The van der Waals surface area contributed by atoms with Crippen molar-refractivity contribution < 1.29 is 9.84 Å². The van der Waals surface area contributed by atoms with Crippen molar-refractivity contribution in [1.82, 2.24) is 5.32 Å². The summed E-state index contributed by atoms with van der Waals surface area (Å²) < 4.78 is 5.34. The molecular weight excluding hydrogens is 142 g/mol. The maximum Gasteiger partial charge on any atom is 0.0726 e. The Labute approximate surface area is 67.7 Å². The first kappa shape index (κ1) is 8.97. The quantitative estimate of drug-likeness (QED) is 0.567. The molecule has 0 amide bonds. The van der Waals surface area contributed by atoms with Gasteiger partial charge in [-0.2, -0.15) is 0 Å². The van der Waals surface area contributed by atoms with Crippen LogP contribution in [0.1, 0.15) is 13.3 Å². The molecule has 0 bridgehead atoms. The molecule has 2 atom stereocenters. The summed E-state index contributed by atoms with van der Waals surface area (Å²) in [6.07, 6.45) is 0.850. The number of hydrogen-bond donors (Lipinski definition) is 2. The predicted molar refractivity (Wildman–Crippen MR) is 43.5 cm³/mol. The van der Waals surface area contributed by atoms with Crippen LogP contribution in [0.4, 0.5) is 0 Å². The summed E-state index contributed by atoms with van der Waals surface area (Å²) >= 11 is 0. The predicted octanol–water partition coefficient (Wildman–Crippen LogP) is -0.00670. The smallest absolute Gasteiger partial charge is 0.0726 e. The van der Waals surface area contributed by atoms with E-state index in [-0.39, 0.29) is 6.10 Å². The molecular formula is C8H17NO2. The number of rotatable bonds is 4. The van der Waals surface area contributed by atoms with Gasteiger partial charge in [0.15, 0.2) is 0 Å². The third kappa shape index (κ3) is 2.77. The standard InChI is InChI=1S/C8H17NO2/c1-2-3-11-6-7-4-9-5-8(7)10/h7-10H,2-6H2,1H3. The van der Waals surface area contributed by atoms with Crippen molar-refractivity contribution in [2.45, 2.75) is 19.4 Å². The van der Waals surface area contributed by atoms with Crippen LogP contribution in [0.5, 0.6) is 0 Å².